The highest BCUT2D eigenvalue weighted by molar-refractivity contribution is 7.89. The van der Waals surface area contributed by atoms with Gasteiger partial charge in [0.1, 0.15) is 11.8 Å². The Kier molecular flexibility index (Phi) is 5.89. The molecule has 0 aliphatic carbocycles. The molecule has 2 N–H and O–H groups in total. The Bertz CT molecular complexity index is 669. The summed E-state index contributed by atoms with van der Waals surface area (Å²) < 4.78 is 36.1. The van der Waals surface area contributed by atoms with Crippen LogP contribution in [0.25, 0.3) is 0 Å². The van der Waals surface area contributed by atoms with Crippen LogP contribution in [-0.2, 0) is 30.8 Å². The van der Waals surface area contributed by atoms with E-state index in [0.717, 1.165) is 0 Å². The van der Waals surface area contributed by atoms with Gasteiger partial charge in [-0.1, -0.05) is 0 Å². The van der Waals surface area contributed by atoms with E-state index in [4.69, 9.17) is 9.84 Å². The number of benzene rings is 1. The first kappa shape index (κ1) is 17.9. The third-order valence-electron chi connectivity index (χ3n) is 2.82. The van der Waals surface area contributed by atoms with Crippen LogP contribution in [0.15, 0.2) is 23.1 Å². The zero-order chi connectivity index (χ0) is 16.9. The van der Waals surface area contributed by atoms with Crippen LogP contribution in [0, 0.1) is 0 Å². The van der Waals surface area contributed by atoms with Crippen molar-refractivity contribution in [2.75, 3.05) is 14.2 Å². The Balaban J connectivity index is 3.26. The summed E-state index contributed by atoms with van der Waals surface area (Å²) in [5.74, 6) is -1.58. The Labute approximate surface area is 128 Å². The minimum atomic E-state index is -4.11. The summed E-state index contributed by atoms with van der Waals surface area (Å²) in [5.41, 5.74) is 0.149. The molecule has 1 rings (SSSR count). The monoisotopic (exact) mass is 331 g/mol. The summed E-state index contributed by atoms with van der Waals surface area (Å²) in [5, 5.41) is 8.81. The van der Waals surface area contributed by atoms with E-state index < -0.39 is 28.0 Å². The van der Waals surface area contributed by atoms with Crippen LogP contribution in [0.5, 0.6) is 5.75 Å². The van der Waals surface area contributed by atoms with Gasteiger partial charge < -0.3 is 14.6 Å². The molecular formula is C13H17NO7S. The molecule has 0 saturated carbocycles. The Morgan fingerprint density at radius 1 is 1.32 bits per heavy atom. The molecule has 9 heteroatoms. The van der Waals surface area contributed by atoms with Crippen LogP contribution in [0.3, 0.4) is 0 Å². The van der Waals surface area contributed by atoms with Crippen LogP contribution >= 0.6 is 0 Å². The maximum absolute atomic E-state index is 12.3. The molecule has 0 bridgehead atoms. The van der Waals surface area contributed by atoms with Gasteiger partial charge in [-0.15, -0.1) is 0 Å². The lowest BCUT2D eigenvalue weighted by atomic mass is 10.1. The molecule has 0 aromatic heterocycles. The minimum absolute atomic E-state index is 0.149. The van der Waals surface area contributed by atoms with Crippen molar-refractivity contribution in [3.05, 3.63) is 23.8 Å². The molecule has 0 fully saturated rings. The molecule has 0 amide bonds. The number of hydrogen-bond donors (Lipinski definition) is 2. The third kappa shape index (κ3) is 4.43. The zero-order valence-corrected chi connectivity index (χ0v) is 13.1. The molecule has 1 aromatic carbocycles. The average Bonchev–Trinajstić information content (AvgIpc) is 2.46. The van der Waals surface area contributed by atoms with Crippen LogP contribution in [-0.4, -0.2) is 45.7 Å². The minimum Gasteiger partial charge on any atom is -0.497 e. The van der Waals surface area contributed by atoms with Crippen molar-refractivity contribution in [3.8, 4) is 5.75 Å². The first-order valence-corrected chi connectivity index (χ1v) is 7.68. The Morgan fingerprint density at radius 3 is 2.45 bits per heavy atom. The second-order valence-electron chi connectivity index (χ2n) is 4.41. The standard InChI is InChI=1S/C13H17NO7S/c1-8(13(16)17)14-22(18,19)11-5-4-10(20-2)6-9(11)7-12(15)21-3/h4-6,8,14H,7H2,1-3H3,(H,16,17). The largest absolute Gasteiger partial charge is 0.497 e. The van der Waals surface area contributed by atoms with Crippen molar-refractivity contribution in [3.63, 3.8) is 0 Å². The van der Waals surface area contributed by atoms with Gasteiger partial charge in [-0.25, -0.2) is 8.42 Å². The lowest BCUT2D eigenvalue weighted by Gasteiger charge is -2.14. The second kappa shape index (κ2) is 7.23. The molecule has 0 saturated heterocycles. The highest BCUT2D eigenvalue weighted by atomic mass is 32.2. The van der Waals surface area contributed by atoms with Gasteiger partial charge in [0, 0.05) is 0 Å². The first-order chi connectivity index (χ1) is 10.2. The number of sulfonamides is 1. The molecule has 8 nitrogen and oxygen atoms in total. The van der Waals surface area contributed by atoms with Gasteiger partial charge in [0.05, 0.1) is 25.5 Å². The topological polar surface area (TPSA) is 119 Å². The summed E-state index contributed by atoms with van der Waals surface area (Å²) in [7, 11) is -1.53. The van der Waals surface area contributed by atoms with Crippen LogP contribution < -0.4 is 9.46 Å². The average molecular weight is 331 g/mol. The van der Waals surface area contributed by atoms with Gasteiger partial charge in [-0.2, -0.15) is 4.72 Å². The van der Waals surface area contributed by atoms with E-state index in [-0.39, 0.29) is 16.9 Å². The van der Waals surface area contributed by atoms with Gasteiger partial charge in [0.15, 0.2) is 0 Å². The molecule has 0 aliphatic heterocycles. The van der Waals surface area contributed by atoms with Crippen LogP contribution in [0.4, 0.5) is 0 Å². The Morgan fingerprint density at radius 2 is 1.95 bits per heavy atom. The summed E-state index contributed by atoms with van der Waals surface area (Å²) in [6.45, 7) is 1.20. The number of nitrogens with one attached hydrogen (secondary N) is 1. The number of aliphatic carboxylic acids is 1. The number of carbonyl (C=O) groups is 2. The molecule has 0 spiro atoms. The van der Waals surface area contributed by atoms with Crippen molar-refractivity contribution in [2.45, 2.75) is 24.3 Å². The lowest BCUT2D eigenvalue weighted by Crippen LogP contribution is -2.38. The highest BCUT2D eigenvalue weighted by Crippen LogP contribution is 2.23. The summed E-state index contributed by atoms with van der Waals surface area (Å²) in [6, 6.07) is 2.73. The van der Waals surface area contributed by atoms with Crippen LogP contribution in [0.1, 0.15) is 12.5 Å². The summed E-state index contributed by atoms with van der Waals surface area (Å²) in [4.78, 5) is 22.0. The van der Waals surface area contributed by atoms with E-state index in [9.17, 15) is 18.0 Å². The predicted octanol–water partition coefficient (Wildman–Crippen LogP) is 0.162. The van der Waals surface area contributed by atoms with E-state index in [2.05, 4.69) is 4.74 Å². The molecule has 122 valence electrons. The normalized spacial score (nSPS) is 12.5. The van der Waals surface area contributed by atoms with Crippen molar-refractivity contribution in [1.29, 1.82) is 0 Å². The maximum atomic E-state index is 12.3. The first-order valence-electron chi connectivity index (χ1n) is 6.20. The number of carboxylic acid groups (broad SMARTS) is 1. The van der Waals surface area contributed by atoms with Crippen molar-refractivity contribution in [1.82, 2.24) is 4.72 Å². The maximum Gasteiger partial charge on any atom is 0.321 e. The number of hydrogen-bond acceptors (Lipinski definition) is 6. The molecule has 0 aliphatic rings. The van der Waals surface area contributed by atoms with E-state index in [0.29, 0.717) is 5.75 Å². The number of carbonyl (C=O) groups excluding carboxylic acids is 1. The molecule has 0 heterocycles. The van der Waals surface area contributed by atoms with Crippen molar-refractivity contribution < 1.29 is 32.6 Å². The van der Waals surface area contributed by atoms with Gasteiger partial charge in [-0.05, 0) is 30.7 Å². The molecule has 1 atom stereocenters. The highest BCUT2D eigenvalue weighted by Gasteiger charge is 2.25. The quantitative estimate of drug-likeness (QED) is 0.683. The summed E-state index contributed by atoms with van der Waals surface area (Å²) >= 11 is 0. The third-order valence-corrected chi connectivity index (χ3v) is 4.46. The van der Waals surface area contributed by atoms with E-state index in [1.54, 1.807) is 0 Å². The molecule has 0 radical (unpaired) electrons. The van der Waals surface area contributed by atoms with Crippen molar-refractivity contribution >= 4 is 22.0 Å². The number of ether oxygens (including phenoxy) is 2. The van der Waals surface area contributed by atoms with Gasteiger partial charge in [-0.3, -0.25) is 9.59 Å². The van der Waals surface area contributed by atoms with Gasteiger partial charge in [0.2, 0.25) is 10.0 Å². The van der Waals surface area contributed by atoms with E-state index >= 15 is 0 Å². The molecule has 1 unspecified atom stereocenters. The van der Waals surface area contributed by atoms with Crippen LogP contribution in [0.2, 0.25) is 0 Å². The van der Waals surface area contributed by atoms with E-state index in [1.807, 2.05) is 4.72 Å². The fourth-order valence-corrected chi connectivity index (χ4v) is 3.07. The van der Waals surface area contributed by atoms with Gasteiger partial charge >= 0.3 is 11.9 Å². The Hall–Kier alpha value is -2.13. The molecule has 22 heavy (non-hydrogen) atoms. The fraction of sp³-hybridized carbons (Fsp3) is 0.385. The SMILES string of the molecule is COC(=O)Cc1cc(OC)ccc1S(=O)(=O)NC(C)C(=O)O. The number of rotatable bonds is 7. The zero-order valence-electron chi connectivity index (χ0n) is 12.3. The fourth-order valence-electron chi connectivity index (χ4n) is 1.66. The number of carboxylic acids is 1. The number of esters is 1. The van der Waals surface area contributed by atoms with E-state index in [1.165, 1.54) is 39.3 Å². The van der Waals surface area contributed by atoms with Gasteiger partial charge in [0.25, 0.3) is 0 Å². The smallest absolute Gasteiger partial charge is 0.321 e. The number of methoxy groups -OCH3 is 2. The molecular weight excluding hydrogens is 314 g/mol. The second-order valence-corrected chi connectivity index (χ2v) is 6.09. The molecule has 1 aromatic rings. The lowest BCUT2D eigenvalue weighted by molar-refractivity contribution is -0.140. The predicted molar refractivity (Wildman–Crippen MR) is 76.1 cm³/mol. The summed E-state index contributed by atoms with van der Waals surface area (Å²) in [6.07, 6.45) is -0.286. The van der Waals surface area contributed by atoms with Crippen molar-refractivity contribution in [2.24, 2.45) is 0 Å².